The fourth-order valence-corrected chi connectivity index (χ4v) is 5.12. The first-order chi connectivity index (χ1) is 15.1. The second-order valence-corrected chi connectivity index (χ2v) is 8.92. The molecule has 0 radical (unpaired) electrons. The number of halogens is 1. The van der Waals surface area contributed by atoms with Crippen LogP contribution >= 0.6 is 0 Å². The summed E-state index contributed by atoms with van der Waals surface area (Å²) in [6.07, 6.45) is 3.25. The Hall–Kier alpha value is -2.73. The van der Waals surface area contributed by atoms with Crippen molar-refractivity contribution in [1.82, 2.24) is 14.8 Å². The van der Waals surface area contributed by atoms with Crippen molar-refractivity contribution in [3.63, 3.8) is 0 Å². The molecule has 2 aliphatic heterocycles. The summed E-state index contributed by atoms with van der Waals surface area (Å²) in [5, 5.41) is 0. The van der Waals surface area contributed by atoms with Gasteiger partial charge in [-0.25, -0.2) is 9.37 Å². The van der Waals surface area contributed by atoms with Gasteiger partial charge in [-0.3, -0.25) is 4.79 Å². The number of carbonyl (C=O) groups excluding carboxylic acids is 1. The number of benzene rings is 2. The van der Waals surface area contributed by atoms with Gasteiger partial charge in [0.2, 0.25) is 0 Å². The van der Waals surface area contributed by atoms with Crippen molar-refractivity contribution < 1.29 is 13.6 Å². The summed E-state index contributed by atoms with van der Waals surface area (Å²) in [6.45, 7) is 6.55. The summed E-state index contributed by atoms with van der Waals surface area (Å²) < 4.78 is 18.8. The highest BCUT2D eigenvalue weighted by Gasteiger charge is 2.31. The minimum atomic E-state index is -0.170. The van der Waals surface area contributed by atoms with Crippen LogP contribution in [0.2, 0.25) is 0 Å². The average Bonchev–Trinajstić information content (AvgIpc) is 3.40. The van der Waals surface area contributed by atoms with Gasteiger partial charge in [-0.15, -0.1) is 0 Å². The van der Waals surface area contributed by atoms with Crippen molar-refractivity contribution in [3.8, 4) is 0 Å². The molecule has 0 aliphatic carbocycles. The maximum Gasteiger partial charge on any atom is 0.256 e. The van der Waals surface area contributed by atoms with Gasteiger partial charge in [0.1, 0.15) is 11.3 Å². The Balaban J connectivity index is 1.16. The molecule has 0 unspecified atom stereocenters. The Kier molecular flexibility index (Phi) is 5.48. The molecule has 0 saturated carbocycles. The molecule has 162 valence electrons. The van der Waals surface area contributed by atoms with Crippen LogP contribution in [0, 0.1) is 18.7 Å². The smallest absolute Gasteiger partial charge is 0.256 e. The largest absolute Gasteiger partial charge is 0.441 e. The molecule has 0 N–H and O–H groups in total. The van der Waals surface area contributed by atoms with Crippen LogP contribution < -0.4 is 0 Å². The van der Waals surface area contributed by atoms with Gasteiger partial charge in [0.05, 0.1) is 5.56 Å². The van der Waals surface area contributed by atoms with Gasteiger partial charge in [0.25, 0.3) is 5.91 Å². The first kappa shape index (κ1) is 20.2. The molecule has 0 bridgehead atoms. The Morgan fingerprint density at radius 1 is 1.10 bits per heavy atom. The minimum Gasteiger partial charge on any atom is -0.441 e. The van der Waals surface area contributed by atoms with E-state index in [2.05, 4.69) is 9.88 Å². The van der Waals surface area contributed by atoms with Crippen LogP contribution in [0.4, 0.5) is 4.39 Å². The summed E-state index contributed by atoms with van der Waals surface area (Å²) in [4.78, 5) is 22.0. The first-order valence-corrected chi connectivity index (χ1v) is 11.2. The van der Waals surface area contributed by atoms with Crippen LogP contribution in [-0.2, 0) is 0 Å². The van der Waals surface area contributed by atoms with Crippen LogP contribution in [-0.4, -0.2) is 53.4 Å². The number of hydrogen-bond acceptors (Lipinski definition) is 4. The lowest BCUT2D eigenvalue weighted by Crippen LogP contribution is -2.37. The number of oxazole rings is 1. The van der Waals surface area contributed by atoms with E-state index in [0.29, 0.717) is 34.4 Å². The average molecular weight is 422 g/mol. The van der Waals surface area contributed by atoms with E-state index in [9.17, 15) is 9.18 Å². The minimum absolute atomic E-state index is 0.0522. The second kappa shape index (κ2) is 8.42. The zero-order valence-electron chi connectivity index (χ0n) is 17.9. The molecule has 2 aliphatic rings. The highest BCUT2D eigenvalue weighted by Crippen LogP contribution is 2.30. The van der Waals surface area contributed by atoms with Crippen LogP contribution in [0.1, 0.15) is 47.0 Å². The van der Waals surface area contributed by atoms with Crippen LogP contribution in [0.15, 0.2) is 46.9 Å². The van der Waals surface area contributed by atoms with Crippen LogP contribution in [0.3, 0.4) is 0 Å². The number of carbonyl (C=O) groups is 1. The molecule has 31 heavy (non-hydrogen) atoms. The van der Waals surface area contributed by atoms with Gasteiger partial charge in [-0.1, -0.05) is 18.2 Å². The SMILES string of the molecule is Cc1nc2c(C(=O)N3CC[C@H](CN4CCC(c5ccc(F)cc5)CC4)C3)cccc2o1. The fourth-order valence-electron chi connectivity index (χ4n) is 5.12. The monoisotopic (exact) mass is 421 g/mol. The predicted octanol–water partition coefficient (Wildman–Crippen LogP) is 4.62. The Morgan fingerprint density at radius 3 is 2.65 bits per heavy atom. The van der Waals surface area contributed by atoms with Crippen molar-refractivity contribution in [2.24, 2.45) is 5.92 Å². The van der Waals surface area contributed by atoms with Crippen molar-refractivity contribution in [2.45, 2.75) is 32.1 Å². The molecule has 5 rings (SSSR count). The van der Waals surface area contributed by atoms with E-state index in [4.69, 9.17) is 4.42 Å². The normalized spacial score (nSPS) is 20.6. The number of piperidine rings is 1. The molecular weight excluding hydrogens is 393 g/mol. The topological polar surface area (TPSA) is 49.6 Å². The molecule has 3 aromatic rings. The molecule has 5 nitrogen and oxygen atoms in total. The van der Waals surface area contributed by atoms with Gasteiger partial charge < -0.3 is 14.2 Å². The molecular formula is C25H28FN3O2. The number of fused-ring (bicyclic) bond motifs is 1. The molecule has 3 heterocycles. The number of aryl methyl sites for hydroxylation is 1. The second-order valence-electron chi connectivity index (χ2n) is 8.92. The number of amides is 1. The van der Waals surface area contributed by atoms with Gasteiger partial charge in [0.15, 0.2) is 11.5 Å². The number of hydrogen-bond donors (Lipinski definition) is 0. The third-order valence-corrected chi connectivity index (χ3v) is 6.77. The lowest BCUT2D eigenvalue weighted by molar-refractivity contribution is 0.0783. The summed E-state index contributed by atoms with van der Waals surface area (Å²) in [5.41, 5.74) is 3.21. The van der Waals surface area contributed by atoms with E-state index in [1.807, 2.05) is 35.2 Å². The van der Waals surface area contributed by atoms with E-state index in [1.165, 1.54) is 5.56 Å². The number of aromatic nitrogens is 1. The van der Waals surface area contributed by atoms with Crippen molar-refractivity contribution in [2.75, 3.05) is 32.7 Å². The predicted molar refractivity (Wildman–Crippen MR) is 118 cm³/mol. The van der Waals surface area contributed by atoms with Gasteiger partial charge in [-0.2, -0.15) is 0 Å². The van der Waals surface area contributed by atoms with Crippen LogP contribution in [0.5, 0.6) is 0 Å². The first-order valence-electron chi connectivity index (χ1n) is 11.2. The fraction of sp³-hybridized carbons (Fsp3) is 0.440. The van der Waals surface area contributed by atoms with Gasteiger partial charge in [0, 0.05) is 26.6 Å². The quantitative estimate of drug-likeness (QED) is 0.617. The number of para-hydroxylation sites is 1. The lowest BCUT2D eigenvalue weighted by atomic mass is 9.89. The molecule has 1 atom stereocenters. The van der Waals surface area contributed by atoms with E-state index < -0.39 is 0 Å². The van der Waals surface area contributed by atoms with Crippen LogP contribution in [0.25, 0.3) is 11.1 Å². The highest BCUT2D eigenvalue weighted by atomic mass is 19.1. The highest BCUT2D eigenvalue weighted by molar-refractivity contribution is 6.04. The molecule has 1 amide bonds. The van der Waals surface area contributed by atoms with Gasteiger partial charge >= 0.3 is 0 Å². The zero-order valence-corrected chi connectivity index (χ0v) is 17.9. The molecule has 2 saturated heterocycles. The summed E-state index contributed by atoms with van der Waals surface area (Å²) in [6, 6.07) is 12.5. The standard InChI is InChI=1S/C25H28FN3O2/c1-17-27-24-22(3-2-4-23(24)31-17)25(30)29-14-9-18(16-29)15-28-12-10-20(11-13-28)19-5-7-21(26)8-6-19/h2-8,18,20H,9-16H2,1H3/t18-/m1/s1. The molecule has 2 fully saturated rings. The summed E-state index contributed by atoms with van der Waals surface area (Å²) >= 11 is 0. The Labute approximate surface area is 181 Å². The summed E-state index contributed by atoms with van der Waals surface area (Å²) in [7, 11) is 0. The zero-order chi connectivity index (χ0) is 21.4. The van der Waals surface area contributed by atoms with E-state index >= 15 is 0 Å². The maximum absolute atomic E-state index is 13.2. The van der Waals surface area contributed by atoms with Crippen molar-refractivity contribution in [3.05, 3.63) is 65.3 Å². The number of likely N-dealkylation sites (tertiary alicyclic amines) is 2. The summed E-state index contributed by atoms with van der Waals surface area (Å²) in [5.74, 6) is 1.49. The molecule has 0 spiro atoms. The lowest BCUT2D eigenvalue weighted by Gasteiger charge is -2.33. The molecule has 1 aromatic heterocycles. The molecule has 2 aromatic carbocycles. The molecule has 6 heteroatoms. The van der Waals surface area contributed by atoms with E-state index in [1.54, 1.807) is 19.1 Å². The Bertz CT molecular complexity index is 1070. The van der Waals surface area contributed by atoms with E-state index in [0.717, 1.165) is 52.0 Å². The van der Waals surface area contributed by atoms with E-state index in [-0.39, 0.29) is 11.7 Å². The van der Waals surface area contributed by atoms with Gasteiger partial charge in [-0.05, 0) is 74.0 Å². The third-order valence-electron chi connectivity index (χ3n) is 6.77. The number of nitrogens with zero attached hydrogens (tertiary/aromatic N) is 3. The third kappa shape index (κ3) is 4.22. The maximum atomic E-state index is 13.2. The van der Waals surface area contributed by atoms with Crippen molar-refractivity contribution >= 4 is 17.0 Å². The van der Waals surface area contributed by atoms with Crippen molar-refractivity contribution in [1.29, 1.82) is 0 Å². The number of rotatable bonds is 4. The Morgan fingerprint density at radius 2 is 1.87 bits per heavy atom.